The third-order valence-corrected chi connectivity index (χ3v) is 3.96. The van der Waals surface area contributed by atoms with Crippen molar-refractivity contribution in [3.05, 3.63) is 52.6 Å². The number of aryl methyl sites for hydroxylation is 2. The first-order valence-electron chi connectivity index (χ1n) is 8.26. The molecule has 0 aliphatic heterocycles. The van der Waals surface area contributed by atoms with Crippen LogP contribution in [0.3, 0.4) is 0 Å². The Balaban J connectivity index is 2.26. The summed E-state index contributed by atoms with van der Waals surface area (Å²) in [6, 6.07) is 9.06. The lowest BCUT2D eigenvalue weighted by Crippen LogP contribution is -2.15. The molecule has 132 valence electrons. The van der Waals surface area contributed by atoms with Gasteiger partial charge in [0, 0.05) is 23.9 Å². The number of carbonyl (C=O) groups is 2. The molecule has 2 aromatic rings. The first kappa shape index (κ1) is 18.5. The summed E-state index contributed by atoms with van der Waals surface area (Å²) in [4.78, 5) is 24.0. The minimum atomic E-state index is -0.202. The number of carbonyl (C=O) groups excluding carboxylic acids is 2. The van der Waals surface area contributed by atoms with Gasteiger partial charge in [0.2, 0.25) is 5.91 Å². The van der Waals surface area contributed by atoms with E-state index in [-0.39, 0.29) is 11.8 Å². The smallest absolute Gasteiger partial charge is 0.255 e. The Morgan fingerprint density at radius 2 is 1.72 bits per heavy atom. The van der Waals surface area contributed by atoms with Gasteiger partial charge in [-0.1, -0.05) is 6.07 Å². The Bertz CT molecular complexity index is 813. The lowest BCUT2D eigenvalue weighted by Gasteiger charge is -2.16. The third-order valence-electron chi connectivity index (χ3n) is 3.96. The molecule has 0 atom stereocenters. The number of rotatable bonds is 5. The van der Waals surface area contributed by atoms with Crippen LogP contribution in [-0.2, 0) is 4.79 Å². The summed E-state index contributed by atoms with van der Waals surface area (Å²) in [5.41, 5.74) is 4.64. The van der Waals surface area contributed by atoms with Crippen molar-refractivity contribution in [3.8, 4) is 5.75 Å². The number of benzene rings is 2. The quantitative estimate of drug-likeness (QED) is 0.856. The third kappa shape index (κ3) is 4.38. The molecule has 0 bridgehead atoms. The zero-order valence-electron chi connectivity index (χ0n) is 15.3. The van der Waals surface area contributed by atoms with Gasteiger partial charge in [-0.25, -0.2) is 0 Å². The molecule has 0 radical (unpaired) electrons. The predicted octanol–water partition coefficient (Wildman–Crippen LogP) is 4.22. The molecular weight excluding hydrogens is 316 g/mol. The van der Waals surface area contributed by atoms with Crippen molar-refractivity contribution >= 4 is 23.2 Å². The number of hydrogen-bond donors (Lipinski definition) is 2. The average Bonchev–Trinajstić information content (AvgIpc) is 2.56. The van der Waals surface area contributed by atoms with E-state index < -0.39 is 0 Å². The molecule has 0 saturated heterocycles. The van der Waals surface area contributed by atoms with Crippen LogP contribution in [0.4, 0.5) is 11.4 Å². The summed E-state index contributed by atoms with van der Waals surface area (Å²) >= 11 is 0. The highest BCUT2D eigenvalue weighted by Crippen LogP contribution is 2.28. The second kappa shape index (κ2) is 7.83. The van der Waals surface area contributed by atoms with Crippen LogP contribution in [0.5, 0.6) is 5.75 Å². The van der Waals surface area contributed by atoms with Gasteiger partial charge >= 0.3 is 0 Å². The summed E-state index contributed by atoms with van der Waals surface area (Å²) in [7, 11) is 0. The van der Waals surface area contributed by atoms with Crippen LogP contribution in [-0.4, -0.2) is 18.4 Å². The maximum atomic E-state index is 12.6. The van der Waals surface area contributed by atoms with Crippen molar-refractivity contribution in [1.29, 1.82) is 0 Å². The van der Waals surface area contributed by atoms with Crippen molar-refractivity contribution in [2.45, 2.75) is 34.6 Å². The highest BCUT2D eigenvalue weighted by molar-refractivity contribution is 6.05. The van der Waals surface area contributed by atoms with E-state index in [1.807, 2.05) is 39.8 Å². The van der Waals surface area contributed by atoms with Gasteiger partial charge in [-0.3, -0.25) is 9.59 Å². The topological polar surface area (TPSA) is 67.4 Å². The largest absolute Gasteiger partial charge is 0.494 e. The van der Waals surface area contributed by atoms with Gasteiger partial charge in [-0.15, -0.1) is 0 Å². The van der Waals surface area contributed by atoms with Gasteiger partial charge in [0.25, 0.3) is 5.91 Å². The molecule has 0 aliphatic rings. The average molecular weight is 340 g/mol. The molecular formula is C20H24N2O3. The zero-order valence-corrected chi connectivity index (χ0v) is 15.3. The first-order chi connectivity index (χ1) is 11.8. The van der Waals surface area contributed by atoms with Crippen LogP contribution in [0.25, 0.3) is 0 Å². The van der Waals surface area contributed by atoms with E-state index in [9.17, 15) is 9.59 Å². The van der Waals surface area contributed by atoms with Crippen molar-refractivity contribution in [2.24, 2.45) is 0 Å². The van der Waals surface area contributed by atoms with Crippen LogP contribution >= 0.6 is 0 Å². The molecule has 0 fully saturated rings. The van der Waals surface area contributed by atoms with Gasteiger partial charge in [0.15, 0.2) is 0 Å². The molecule has 2 amide bonds. The molecule has 2 rings (SSSR count). The highest BCUT2D eigenvalue weighted by Gasteiger charge is 2.13. The number of amides is 2. The maximum Gasteiger partial charge on any atom is 0.255 e. The second-order valence-corrected chi connectivity index (χ2v) is 5.98. The number of nitrogens with one attached hydrogen (secondary N) is 2. The van der Waals surface area contributed by atoms with Crippen LogP contribution in [0.1, 0.15) is 40.9 Å². The van der Waals surface area contributed by atoms with Gasteiger partial charge in [-0.05, 0) is 68.7 Å². The highest BCUT2D eigenvalue weighted by atomic mass is 16.5. The van der Waals surface area contributed by atoms with E-state index in [0.29, 0.717) is 17.9 Å². The second-order valence-electron chi connectivity index (χ2n) is 5.98. The molecule has 0 aromatic heterocycles. The monoisotopic (exact) mass is 340 g/mol. The summed E-state index contributed by atoms with van der Waals surface area (Å²) in [5.74, 6) is 0.433. The van der Waals surface area contributed by atoms with E-state index in [0.717, 1.165) is 28.1 Å². The SMILES string of the molecule is CCOc1ccc(C(=O)Nc2ccc(C)c(NC(C)=O)c2C)cc1C. The summed E-state index contributed by atoms with van der Waals surface area (Å²) in [6.07, 6.45) is 0. The normalized spacial score (nSPS) is 10.3. The van der Waals surface area contributed by atoms with E-state index in [2.05, 4.69) is 10.6 Å². The van der Waals surface area contributed by atoms with Crippen molar-refractivity contribution in [2.75, 3.05) is 17.2 Å². The lowest BCUT2D eigenvalue weighted by molar-refractivity contribution is -0.114. The molecule has 2 aromatic carbocycles. The molecule has 5 nitrogen and oxygen atoms in total. The van der Waals surface area contributed by atoms with Crippen molar-refractivity contribution in [1.82, 2.24) is 0 Å². The van der Waals surface area contributed by atoms with Gasteiger partial charge < -0.3 is 15.4 Å². The van der Waals surface area contributed by atoms with E-state index in [4.69, 9.17) is 4.74 Å². The predicted molar refractivity (Wildman–Crippen MR) is 101 cm³/mol. The summed E-state index contributed by atoms with van der Waals surface area (Å²) in [5, 5.41) is 5.73. The Kier molecular flexibility index (Phi) is 5.80. The fraction of sp³-hybridized carbons (Fsp3) is 0.300. The molecule has 5 heteroatoms. The standard InChI is InChI=1S/C20H24N2O3/c1-6-25-18-10-8-16(11-13(18)3)20(24)22-17-9-7-12(2)19(14(17)4)21-15(5)23/h7-11H,6H2,1-5H3,(H,21,23)(H,22,24). The van der Waals surface area contributed by atoms with E-state index in [1.54, 1.807) is 18.2 Å². The minimum absolute atomic E-state index is 0.142. The number of anilines is 2. The van der Waals surface area contributed by atoms with Crippen LogP contribution in [0, 0.1) is 20.8 Å². The number of ether oxygens (including phenoxy) is 1. The molecule has 0 saturated carbocycles. The molecule has 0 aliphatic carbocycles. The van der Waals surface area contributed by atoms with Crippen LogP contribution in [0.15, 0.2) is 30.3 Å². The summed E-state index contributed by atoms with van der Waals surface area (Å²) in [6.45, 7) is 9.67. The Morgan fingerprint density at radius 1 is 1.00 bits per heavy atom. The fourth-order valence-electron chi connectivity index (χ4n) is 2.65. The lowest BCUT2D eigenvalue weighted by atomic mass is 10.1. The maximum absolute atomic E-state index is 12.6. The zero-order chi connectivity index (χ0) is 18.6. The van der Waals surface area contributed by atoms with Gasteiger partial charge in [0.05, 0.1) is 6.61 Å². The Morgan fingerprint density at radius 3 is 2.32 bits per heavy atom. The molecule has 25 heavy (non-hydrogen) atoms. The Labute approximate surface area is 148 Å². The minimum Gasteiger partial charge on any atom is -0.494 e. The summed E-state index contributed by atoms with van der Waals surface area (Å²) < 4.78 is 5.50. The van der Waals surface area contributed by atoms with Crippen molar-refractivity contribution < 1.29 is 14.3 Å². The fourth-order valence-corrected chi connectivity index (χ4v) is 2.65. The molecule has 2 N–H and O–H groups in total. The molecule has 0 spiro atoms. The van der Waals surface area contributed by atoms with E-state index >= 15 is 0 Å². The van der Waals surface area contributed by atoms with Crippen molar-refractivity contribution in [3.63, 3.8) is 0 Å². The van der Waals surface area contributed by atoms with Gasteiger partial charge in [-0.2, -0.15) is 0 Å². The van der Waals surface area contributed by atoms with Crippen LogP contribution < -0.4 is 15.4 Å². The Hall–Kier alpha value is -2.82. The first-order valence-corrected chi connectivity index (χ1v) is 8.26. The van der Waals surface area contributed by atoms with E-state index in [1.165, 1.54) is 6.92 Å². The van der Waals surface area contributed by atoms with Gasteiger partial charge in [0.1, 0.15) is 5.75 Å². The number of hydrogen-bond acceptors (Lipinski definition) is 3. The molecule has 0 unspecified atom stereocenters. The van der Waals surface area contributed by atoms with Crippen LogP contribution in [0.2, 0.25) is 0 Å². The molecule has 0 heterocycles.